The third-order valence-electron chi connectivity index (χ3n) is 4.37. The van der Waals surface area contributed by atoms with Crippen LogP contribution < -0.4 is 10.1 Å². The summed E-state index contributed by atoms with van der Waals surface area (Å²) in [5.74, 6) is 0.683. The Labute approximate surface area is 159 Å². The smallest absolute Gasteiger partial charge is 0.269 e. The Morgan fingerprint density at radius 3 is 2.59 bits per heavy atom. The van der Waals surface area contributed by atoms with Crippen LogP contribution >= 0.6 is 0 Å². The van der Waals surface area contributed by atoms with Crippen LogP contribution in [0.1, 0.15) is 36.3 Å². The second-order valence-electron chi connectivity index (χ2n) is 6.52. The lowest BCUT2D eigenvalue weighted by Crippen LogP contribution is -2.33. The minimum atomic E-state index is -0.139. The van der Waals surface area contributed by atoms with Crippen molar-refractivity contribution in [2.24, 2.45) is 0 Å². The van der Waals surface area contributed by atoms with Gasteiger partial charge in [-0.1, -0.05) is 30.3 Å². The van der Waals surface area contributed by atoms with Crippen LogP contribution in [0, 0.1) is 0 Å². The molecule has 2 aromatic carbocycles. The number of nitrogens with zero attached hydrogens (tertiary/aromatic N) is 1. The molecule has 5 heteroatoms. The average molecular weight is 363 g/mol. The van der Waals surface area contributed by atoms with E-state index in [2.05, 4.69) is 27.6 Å². The van der Waals surface area contributed by atoms with Crippen molar-refractivity contribution in [3.05, 3.63) is 71.9 Å². The Morgan fingerprint density at radius 1 is 1.15 bits per heavy atom. The molecule has 0 fully saturated rings. The van der Waals surface area contributed by atoms with Crippen molar-refractivity contribution < 1.29 is 9.53 Å². The fourth-order valence-corrected chi connectivity index (χ4v) is 2.88. The number of nitrogens with one attached hydrogen (secondary N) is 2. The number of H-pyrrole nitrogens is 1. The van der Waals surface area contributed by atoms with Crippen LogP contribution in [0.5, 0.6) is 5.75 Å². The minimum Gasteiger partial charge on any atom is -0.494 e. The van der Waals surface area contributed by atoms with Crippen molar-refractivity contribution >= 4 is 5.91 Å². The molecule has 140 valence electrons. The Bertz CT molecular complexity index is 857. The van der Waals surface area contributed by atoms with Crippen LogP contribution in [0.15, 0.2) is 60.7 Å². The van der Waals surface area contributed by atoms with E-state index in [0.29, 0.717) is 12.3 Å². The number of aromatic nitrogens is 2. The first-order valence-corrected chi connectivity index (χ1v) is 9.29. The van der Waals surface area contributed by atoms with Gasteiger partial charge in [-0.05, 0) is 62.6 Å². The van der Waals surface area contributed by atoms with Gasteiger partial charge in [-0.2, -0.15) is 5.10 Å². The Morgan fingerprint density at radius 2 is 1.89 bits per heavy atom. The van der Waals surface area contributed by atoms with E-state index in [1.165, 1.54) is 5.56 Å². The standard InChI is InChI=1S/C22H25N3O2/c1-3-27-19-13-11-18(12-14-19)20-15-21(25-24-20)22(26)23-16(2)9-10-17-7-5-4-6-8-17/h4-8,11-16H,3,9-10H2,1-2H3,(H,23,26)(H,24,25)/t16-/m0/s1. The minimum absolute atomic E-state index is 0.0786. The number of carbonyl (C=O) groups excluding carboxylic acids is 1. The topological polar surface area (TPSA) is 67.0 Å². The summed E-state index contributed by atoms with van der Waals surface area (Å²) in [6.07, 6.45) is 1.82. The molecule has 3 aromatic rings. The lowest BCUT2D eigenvalue weighted by Gasteiger charge is -2.13. The fraction of sp³-hybridized carbons (Fsp3) is 0.273. The maximum atomic E-state index is 12.4. The molecule has 1 aromatic heterocycles. The number of aromatic amines is 1. The maximum absolute atomic E-state index is 12.4. The fourth-order valence-electron chi connectivity index (χ4n) is 2.88. The van der Waals surface area contributed by atoms with Gasteiger partial charge in [0.15, 0.2) is 0 Å². The van der Waals surface area contributed by atoms with Crippen molar-refractivity contribution in [1.82, 2.24) is 15.5 Å². The molecule has 0 aliphatic heterocycles. The molecule has 0 saturated heterocycles. The molecule has 0 bridgehead atoms. The quantitative estimate of drug-likeness (QED) is 0.629. The summed E-state index contributed by atoms with van der Waals surface area (Å²) in [6.45, 7) is 4.60. The maximum Gasteiger partial charge on any atom is 0.269 e. The van der Waals surface area contributed by atoms with Crippen LogP contribution in [0.3, 0.4) is 0 Å². The van der Waals surface area contributed by atoms with Crippen molar-refractivity contribution in [2.45, 2.75) is 32.7 Å². The molecule has 1 heterocycles. The molecular formula is C22H25N3O2. The van der Waals surface area contributed by atoms with Gasteiger partial charge < -0.3 is 10.1 Å². The van der Waals surface area contributed by atoms with Crippen molar-refractivity contribution in [3.63, 3.8) is 0 Å². The molecule has 0 aliphatic rings. The van der Waals surface area contributed by atoms with Gasteiger partial charge in [0.05, 0.1) is 12.3 Å². The summed E-state index contributed by atoms with van der Waals surface area (Å²) in [5, 5.41) is 10.1. The van der Waals surface area contributed by atoms with E-state index in [1.807, 2.05) is 56.3 Å². The molecule has 0 aliphatic carbocycles. The van der Waals surface area contributed by atoms with Gasteiger partial charge in [0.2, 0.25) is 0 Å². The third-order valence-corrected chi connectivity index (χ3v) is 4.37. The zero-order chi connectivity index (χ0) is 19.1. The van der Waals surface area contributed by atoms with Crippen molar-refractivity contribution in [1.29, 1.82) is 0 Å². The molecule has 1 atom stereocenters. The molecule has 1 amide bonds. The predicted octanol–water partition coefficient (Wildman–Crippen LogP) is 4.23. The van der Waals surface area contributed by atoms with E-state index in [0.717, 1.165) is 29.8 Å². The normalized spacial score (nSPS) is 11.8. The summed E-state index contributed by atoms with van der Waals surface area (Å²) in [4.78, 5) is 12.4. The van der Waals surface area contributed by atoms with Gasteiger partial charge in [-0.3, -0.25) is 9.89 Å². The number of benzene rings is 2. The van der Waals surface area contributed by atoms with E-state index in [4.69, 9.17) is 4.74 Å². The van der Waals surface area contributed by atoms with Gasteiger partial charge >= 0.3 is 0 Å². The summed E-state index contributed by atoms with van der Waals surface area (Å²) in [7, 11) is 0. The lowest BCUT2D eigenvalue weighted by atomic mass is 10.1. The number of hydrogen-bond donors (Lipinski definition) is 2. The Kier molecular flexibility index (Phi) is 6.26. The molecular weight excluding hydrogens is 338 g/mol. The summed E-state index contributed by atoms with van der Waals surface area (Å²) >= 11 is 0. The van der Waals surface area contributed by atoms with E-state index in [-0.39, 0.29) is 11.9 Å². The third kappa shape index (κ3) is 5.20. The van der Waals surface area contributed by atoms with Crippen LogP contribution in [0.4, 0.5) is 0 Å². The number of ether oxygens (including phenoxy) is 1. The Hall–Kier alpha value is -3.08. The zero-order valence-corrected chi connectivity index (χ0v) is 15.7. The van der Waals surface area contributed by atoms with Crippen LogP contribution in [0.2, 0.25) is 0 Å². The van der Waals surface area contributed by atoms with Gasteiger partial charge in [0.25, 0.3) is 5.91 Å². The van der Waals surface area contributed by atoms with Crippen LogP contribution in [-0.2, 0) is 6.42 Å². The number of carbonyl (C=O) groups is 1. The van der Waals surface area contributed by atoms with Gasteiger partial charge in [-0.25, -0.2) is 0 Å². The number of hydrogen-bond acceptors (Lipinski definition) is 3. The molecule has 3 rings (SSSR count). The second kappa shape index (κ2) is 9.03. The van der Waals surface area contributed by atoms with E-state index < -0.39 is 0 Å². The molecule has 27 heavy (non-hydrogen) atoms. The highest BCUT2D eigenvalue weighted by Gasteiger charge is 2.13. The van der Waals surface area contributed by atoms with Crippen LogP contribution in [0.25, 0.3) is 11.3 Å². The largest absolute Gasteiger partial charge is 0.494 e. The van der Waals surface area contributed by atoms with E-state index in [1.54, 1.807) is 6.07 Å². The first-order valence-electron chi connectivity index (χ1n) is 9.29. The summed E-state index contributed by atoms with van der Waals surface area (Å²) in [5.41, 5.74) is 3.41. The lowest BCUT2D eigenvalue weighted by molar-refractivity contribution is 0.0933. The first kappa shape index (κ1) is 18.7. The number of aryl methyl sites for hydroxylation is 1. The van der Waals surface area contributed by atoms with Gasteiger partial charge in [0.1, 0.15) is 11.4 Å². The average Bonchev–Trinajstić information content (AvgIpc) is 3.18. The molecule has 0 spiro atoms. The number of rotatable bonds is 8. The van der Waals surface area contributed by atoms with Crippen molar-refractivity contribution in [2.75, 3.05) is 6.61 Å². The summed E-state index contributed by atoms with van der Waals surface area (Å²) < 4.78 is 5.45. The Balaban J connectivity index is 1.56. The predicted molar refractivity (Wildman–Crippen MR) is 107 cm³/mol. The molecule has 0 radical (unpaired) electrons. The highest BCUT2D eigenvalue weighted by atomic mass is 16.5. The zero-order valence-electron chi connectivity index (χ0n) is 15.7. The molecule has 2 N–H and O–H groups in total. The second-order valence-corrected chi connectivity index (χ2v) is 6.52. The van der Waals surface area contributed by atoms with Crippen molar-refractivity contribution in [3.8, 4) is 17.0 Å². The first-order chi connectivity index (χ1) is 13.2. The van der Waals surface area contributed by atoms with Gasteiger partial charge in [0, 0.05) is 11.6 Å². The highest BCUT2D eigenvalue weighted by molar-refractivity contribution is 5.93. The summed E-state index contributed by atoms with van der Waals surface area (Å²) in [6, 6.07) is 19.8. The van der Waals surface area contributed by atoms with Gasteiger partial charge in [-0.15, -0.1) is 0 Å². The molecule has 5 nitrogen and oxygen atoms in total. The van der Waals surface area contributed by atoms with E-state index in [9.17, 15) is 4.79 Å². The highest BCUT2D eigenvalue weighted by Crippen LogP contribution is 2.21. The number of amides is 1. The van der Waals surface area contributed by atoms with E-state index >= 15 is 0 Å². The molecule has 0 saturated carbocycles. The SMILES string of the molecule is CCOc1ccc(-c2cc(C(=O)N[C@@H](C)CCc3ccccc3)[nH]n2)cc1. The monoisotopic (exact) mass is 363 g/mol. The van der Waals surface area contributed by atoms with Crippen LogP contribution in [-0.4, -0.2) is 28.8 Å². The molecule has 0 unspecified atom stereocenters.